The molecule has 8 heteroatoms. The molecule has 1 N–H and O–H groups in total. The summed E-state index contributed by atoms with van der Waals surface area (Å²) in [5, 5.41) is 24.2. The van der Waals surface area contributed by atoms with Gasteiger partial charge in [0.1, 0.15) is 0 Å². The number of rotatable bonds is 7. The molecule has 0 heterocycles. The fourth-order valence-electron chi connectivity index (χ4n) is 1.72. The highest BCUT2D eigenvalue weighted by molar-refractivity contribution is 5.80. The van der Waals surface area contributed by atoms with Crippen LogP contribution >= 0.6 is 0 Å². The second-order valence-electron chi connectivity index (χ2n) is 5.04. The van der Waals surface area contributed by atoms with E-state index in [4.69, 9.17) is 0 Å². The van der Waals surface area contributed by atoms with E-state index in [9.17, 15) is 25.0 Å². The summed E-state index contributed by atoms with van der Waals surface area (Å²) < 4.78 is 0. The molecular weight excluding hydrogens is 278 g/mol. The Morgan fingerprint density at radius 2 is 1.90 bits per heavy atom. The van der Waals surface area contributed by atoms with Gasteiger partial charge in [-0.3, -0.25) is 25.0 Å². The number of amides is 1. The summed E-state index contributed by atoms with van der Waals surface area (Å²) in [5.41, 5.74) is -0.624. The summed E-state index contributed by atoms with van der Waals surface area (Å²) in [7, 11) is 0. The largest absolute Gasteiger partial charge is 0.356 e. The van der Waals surface area contributed by atoms with E-state index in [-0.39, 0.29) is 23.6 Å². The lowest BCUT2D eigenvalue weighted by Crippen LogP contribution is -2.27. The number of carbonyl (C=O) groups is 1. The van der Waals surface area contributed by atoms with Crippen LogP contribution in [0, 0.1) is 26.1 Å². The first-order valence-corrected chi connectivity index (χ1v) is 6.49. The number of nitro benzene ring substituents is 2. The van der Waals surface area contributed by atoms with Crippen molar-refractivity contribution in [2.75, 3.05) is 6.54 Å². The number of non-ortho nitro benzene ring substituents is 1. The van der Waals surface area contributed by atoms with Crippen molar-refractivity contribution in [3.8, 4) is 0 Å². The van der Waals surface area contributed by atoms with Gasteiger partial charge in [0.2, 0.25) is 5.91 Å². The van der Waals surface area contributed by atoms with E-state index in [1.54, 1.807) is 0 Å². The molecular formula is C13H17N3O5. The van der Waals surface area contributed by atoms with Crippen LogP contribution in [0.25, 0.3) is 0 Å². The van der Waals surface area contributed by atoms with Crippen LogP contribution in [0.4, 0.5) is 11.4 Å². The minimum atomic E-state index is -0.719. The molecule has 0 aliphatic carbocycles. The molecule has 21 heavy (non-hydrogen) atoms. The van der Waals surface area contributed by atoms with Crippen molar-refractivity contribution in [2.45, 2.75) is 26.7 Å². The normalized spacial score (nSPS) is 10.4. The lowest BCUT2D eigenvalue weighted by atomic mass is 10.1. The second-order valence-corrected chi connectivity index (χ2v) is 5.04. The molecule has 114 valence electrons. The fourth-order valence-corrected chi connectivity index (χ4v) is 1.72. The van der Waals surface area contributed by atoms with Gasteiger partial charge >= 0.3 is 0 Å². The molecule has 0 aliphatic heterocycles. The average Bonchev–Trinajstić information content (AvgIpc) is 2.38. The summed E-state index contributed by atoms with van der Waals surface area (Å²) in [6, 6.07) is 3.28. The zero-order valence-electron chi connectivity index (χ0n) is 11.9. The van der Waals surface area contributed by atoms with Crippen LogP contribution in [0.5, 0.6) is 0 Å². The van der Waals surface area contributed by atoms with Crippen molar-refractivity contribution >= 4 is 17.3 Å². The van der Waals surface area contributed by atoms with Crippen LogP contribution in [0.15, 0.2) is 18.2 Å². The Kier molecular flexibility index (Phi) is 5.77. The topological polar surface area (TPSA) is 115 Å². The molecule has 0 spiro atoms. The maximum Gasteiger partial charge on any atom is 0.279 e. The highest BCUT2D eigenvalue weighted by atomic mass is 16.6. The lowest BCUT2D eigenvalue weighted by Gasteiger charge is -2.07. The average molecular weight is 295 g/mol. The monoisotopic (exact) mass is 295 g/mol. The Morgan fingerprint density at radius 1 is 1.24 bits per heavy atom. The zero-order valence-corrected chi connectivity index (χ0v) is 11.9. The maximum absolute atomic E-state index is 11.7. The van der Waals surface area contributed by atoms with Crippen molar-refractivity contribution in [1.29, 1.82) is 0 Å². The number of hydrogen-bond acceptors (Lipinski definition) is 5. The van der Waals surface area contributed by atoms with Gasteiger partial charge in [-0.25, -0.2) is 0 Å². The van der Waals surface area contributed by atoms with Gasteiger partial charge < -0.3 is 5.32 Å². The van der Waals surface area contributed by atoms with E-state index >= 15 is 0 Å². The predicted octanol–water partition coefficient (Wildman–Crippen LogP) is 2.21. The molecule has 0 saturated carbocycles. The van der Waals surface area contributed by atoms with Crippen molar-refractivity contribution in [1.82, 2.24) is 5.32 Å². The number of carbonyl (C=O) groups excluding carboxylic acids is 1. The van der Waals surface area contributed by atoms with Gasteiger partial charge in [0.05, 0.1) is 22.3 Å². The van der Waals surface area contributed by atoms with E-state index in [0.29, 0.717) is 12.5 Å². The zero-order chi connectivity index (χ0) is 16.0. The van der Waals surface area contributed by atoms with Crippen LogP contribution in [0.3, 0.4) is 0 Å². The molecule has 0 radical (unpaired) electrons. The first-order chi connectivity index (χ1) is 9.81. The van der Waals surface area contributed by atoms with Gasteiger partial charge in [-0.05, 0) is 18.4 Å². The minimum Gasteiger partial charge on any atom is -0.356 e. The predicted molar refractivity (Wildman–Crippen MR) is 75.9 cm³/mol. The summed E-state index contributed by atoms with van der Waals surface area (Å²) in [5.74, 6) is 0.103. The molecule has 0 fully saturated rings. The molecule has 0 unspecified atom stereocenters. The third-order valence-electron chi connectivity index (χ3n) is 2.87. The summed E-state index contributed by atoms with van der Waals surface area (Å²) in [6.07, 6.45) is 0.639. The molecule has 0 bridgehead atoms. The second kappa shape index (κ2) is 7.32. The third-order valence-corrected chi connectivity index (χ3v) is 2.87. The SMILES string of the molecule is CC(C)CCNC(=O)Cc1ccc([N+](=O)[O-])cc1[N+](=O)[O-]. The quantitative estimate of drug-likeness (QED) is 0.611. The first-order valence-electron chi connectivity index (χ1n) is 6.49. The molecule has 1 aromatic carbocycles. The Morgan fingerprint density at radius 3 is 2.43 bits per heavy atom. The van der Waals surface area contributed by atoms with Crippen LogP contribution < -0.4 is 5.32 Å². The van der Waals surface area contributed by atoms with E-state index in [2.05, 4.69) is 5.32 Å². The van der Waals surface area contributed by atoms with Crippen LogP contribution in [0.2, 0.25) is 0 Å². The van der Waals surface area contributed by atoms with E-state index in [0.717, 1.165) is 18.6 Å². The van der Waals surface area contributed by atoms with Crippen molar-refractivity contribution in [3.63, 3.8) is 0 Å². The molecule has 1 rings (SSSR count). The van der Waals surface area contributed by atoms with E-state index < -0.39 is 15.5 Å². The van der Waals surface area contributed by atoms with Crippen LogP contribution in [0.1, 0.15) is 25.8 Å². The molecule has 0 saturated heterocycles. The van der Waals surface area contributed by atoms with Gasteiger partial charge in [0.25, 0.3) is 11.4 Å². The molecule has 0 aromatic heterocycles. The number of nitro groups is 2. The van der Waals surface area contributed by atoms with Crippen molar-refractivity contribution < 1.29 is 14.6 Å². The van der Waals surface area contributed by atoms with Crippen molar-refractivity contribution in [2.24, 2.45) is 5.92 Å². The summed E-state index contributed by atoms with van der Waals surface area (Å²) in [6.45, 7) is 4.54. The Bertz CT molecular complexity index is 557. The number of hydrogen-bond donors (Lipinski definition) is 1. The molecule has 1 aromatic rings. The number of nitrogens with one attached hydrogen (secondary N) is 1. The molecule has 8 nitrogen and oxygen atoms in total. The molecule has 0 atom stereocenters. The van der Waals surface area contributed by atoms with Crippen molar-refractivity contribution in [3.05, 3.63) is 44.0 Å². The van der Waals surface area contributed by atoms with Gasteiger partial charge in [0, 0.05) is 18.2 Å². The minimum absolute atomic E-state index is 0.160. The number of nitrogens with zero attached hydrogens (tertiary/aromatic N) is 2. The van der Waals surface area contributed by atoms with Gasteiger partial charge in [-0.2, -0.15) is 0 Å². The first kappa shape index (κ1) is 16.5. The van der Waals surface area contributed by atoms with Gasteiger partial charge in [-0.1, -0.05) is 13.8 Å². The summed E-state index contributed by atoms with van der Waals surface area (Å²) >= 11 is 0. The smallest absolute Gasteiger partial charge is 0.279 e. The van der Waals surface area contributed by atoms with E-state index in [1.807, 2.05) is 13.8 Å². The lowest BCUT2D eigenvalue weighted by molar-refractivity contribution is -0.394. The van der Waals surface area contributed by atoms with Crippen LogP contribution in [-0.2, 0) is 11.2 Å². The van der Waals surface area contributed by atoms with Gasteiger partial charge in [-0.15, -0.1) is 0 Å². The molecule has 1 amide bonds. The highest BCUT2D eigenvalue weighted by Gasteiger charge is 2.20. The maximum atomic E-state index is 11.7. The molecule has 0 aliphatic rings. The Labute approximate surface area is 121 Å². The van der Waals surface area contributed by atoms with Crippen LogP contribution in [-0.4, -0.2) is 22.3 Å². The Balaban J connectivity index is 2.80. The summed E-state index contributed by atoms with van der Waals surface area (Å²) in [4.78, 5) is 31.8. The van der Waals surface area contributed by atoms with E-state index in [1.165, 1.54) is 6.07 Å². The third kappa shape index (κ3) is 5.17. The van der Waals surface area contributed by atoms with Gasteiger partial charge in [0.15, 0.2) is 0 Å². The number of benzene rings is 1. The fraction of sp³-hybridized carbons (Fsp3) is 0.462. The highest BCUT2D eigenvalue weighted by Crippen LogP contribution is 2.24. The Hall–Kier alpha value is -2.51. The standard InChI is InChI=1S/C13H17N3O5/c1-9(2)5-6-14-13(17)7-10-3-4-11(15(18)19)8-12(10)16(20)21/h3-4,8-9H,5-7H2,1-2H3,(H,14,17).